The Balaban J connectivity index is 1.78. The normalized spacial score (nSPS) is 16.4. The minimum atomic E-state index is 0.642. The van der Waals surface area contributed by atoms with Crippen molar-refractivity contribution in [3.63, 3.8) is 0 Å². The van der Waals surface area contributed by atoms with E-state index in [1.807, 2.05) is 0 Å². The van der Waals surface area contributed by atoms with Gasteiger partial charge in [0.15, 0.2) is 0 Å². The average Bonchev–Trinajstić information content (AvgIpc) is 3.09. The van der Waals surface area contributed by atoms with Crippen LogP contribution in [-0.4, -0.2) is 14.3 Å². The maximum atomic E-state index is 4.76. The zero-order valence-electron chi connectivity index (χ0n) is 12.2. The molecule has 1 aliphatic carbocycles. The third-order valence-corrected chi connectivity index (χ3v) is 4.61. The SMILES string of the molecule is Cc1cn(Cc2ccn(C3CCCC3)n2)c(C)c1C. The minimum absolute atomic E-state index is 0.642. The molecule has 1 fully saturated rings. The van der Waals surface area contributed by atoms with E-state index < -0.39 is 0 Å². The largest absolute Gasteiger partial charge is 0.345 e. The van der Waals surface area contributed by atoms with Gasteiger partial charge in [-0.25, -0.2) is 0 Å². The summed E-state index contributed by atoms with van der Waals surface area (Å²) in [4.78, 5) is 0. The molecule has 0 radical (unpaired) electrons. The molecule has 2 heterocycles. The molecular weight excluding hydrogens is 234 g/mol. The smallest absolute Gasteiger partial charge is 0.0821 e. The molecule has 0 aliphatic heterocycles. The fourth-order valence-corrected chi connectivity index (χ4v) is 3.10. The molecule has 1 aliphatic rings. The standard InChI is InChI=1S/C16H23N3/c1-12-10-18(14(3)13(12)2)11-15-8-9-19(17-15)16-6-4-5-7-16/h8-10,16H,4-7,11H2,1-3H3. The molecule has 0 spiro atoms. The summed E-state index contributed by atoms with van der Waals surface area (Å²) < 4.78 is 4.49. The molecule has 102 valence electrons. The van der Waals surface area contributed by atoms with Gasteiger partial charge in [0.1, 0.15) is 0 Å². The molecule has 0 atom stereocenters. The van der Waals surface area contributed by atoms with E-state index in [4.69, 9.17) is 5.10 Å². The summed E-state index contributed by atoms with van der Waals surface area (Å²) in [6.07, 6.45) is 9.69. The Kier molecular flexibility index (Phi) is 3.21. The van der Waals surface area contributed by atoms with Gasteiger partial charge < -0.3 is 4.57 Å². The van der Waals surface area contributed by atoms with Crippen LogP contribution in [0, 0.1) is 20.8 Å². The van der Waals surface area contributed by atoms with Crippen molar-refractivity contribution in [3.8, 4) is 0 Å². The predicted octanol–water partition coefficient (Wildman–Crippen LogP) is 3.77. The van der Waals surface area contributed by atoms with Crippen molar-refractivity contribution >= 4 is 0 Å². The molecule has 3 nitrogen and oxygen atoms in total. The molecule has 0 unspecified atom stereocenters. The maximum absolute atomic E-state index is 4.76. The Morgan fingerprint density at radius 1 is 1.21 bits per heavy atom. The van der Waals surface area contributed by atoms with E-state index in [2.05, 4.69) is 48.5 Å². The van der Waals surface area contributed by atoms with Crippen LogP contribution < -0.4 is 0 Å². The van der Waals surface area contributed by atoms with Crippen LogP contribution in [0.4, 0.5) is 0 Å². The number of rotatable bonds is 3. The first-order valence-electron chi connectivity index (χ1n) is 7.32. The van der Waals surface area contributed by atoms with Crippen LogP contribution in [-0.2, 0) is 6.54 Å². The second-order valence-corrected chi connectivity index (χ2v) is 5.88. The van der Waals surface area contributed by atoms with Crippen molar-refractivity contribution < 1.29 is 0 Å². The third kappa shape index (κ3) is 2.34. The molecule has 3 heteroatoms. The van der Waals surface area contributed by atoms with Gasteiger partial charge in [-0.15, -0.1) is 0 Å². The van der Waals surface area contributed by atoms with E-state index >= 15 is 0 Å². The lowest BCUT2D eigenvalue weighted by atomic mass is 10.2. The lowest BCUT2D eigenvalue weighted by Gasteiger charge is -2.09. The van der Waals surface area contributed by atoms with Gasteiger partial charge in [0, 0.05) is 18.1 Å². The first-order valence-corrected chi connectivity index (χ1v) is 7.32. The summed E-state index contributed by atoms with van der Waals surface area (Å²) in [5.74, 6) is 0. The number of hydrogen-bond donors (Lipinski definition) is 0. The van der Waals surface area contributed by atoms with Crippen LogP contribution in [0.2, 0.25) is 0 Å². The van der Waals surface area contributed by atoms with Crippen LogP contribution in [0.1, 0.15) is 54.2 Å². The highest BCUT2D eigenvalue weighted by molar-refractivity contribution is 5.29. The van der Waals surface area contributed by atoms with E-state index in [0.717, 1.165) is 6.54 Å². The van der Waals surface area contributed by atoms with Crippen molar-refractivity contribution in [2.24, 2.45) is 0 Å². The van der Waals surface area contributed by atoms with Gasteiger partial charge >= 0.3 is 0 Å². The van der Waals surface area contributed by atoms with Gasteiger partial charge in [-0.2, -0.15) is 5.10 Å². The zero-order valence-corrected chi connectivity index (χ0v) is 12.2. The van der Waals surface area contributed by atoms with Gasteiger partial charge in [-0.3, -0.25) is 4.68 Å². The monoisotopic (exact) mass is 257 g/mol. The Hall–Kier alpha value is -1.51. The molecule has 3 rings (SSSR count). The van der Waals surface area contributed by atoms with Crippen LogP contribution in [0.5, 0.6) is 0 Å². The Labute approximate surface area is 115 Å². The first-order chi connectivity index (χ1) is 9.15. The number of hydrogen-bond acceptors (Lipinski definition) is 1. The van der Waals surface area contributed by atoms with Crippen LogP contribution in [0.25, 0.3) is 0 Å². The molecule has 0 aromatic carbocycles. The minimum Gasteiger partial charge on any atom is -0.345 e. The second-order valence-electron chi connectivity index (χ2n) is 5.88. The second kappa shape index (κ2) is 4.87. The van der Waals surface area contributed by atoms with E-state index in [9.17, 15) is 0 Å². The van der Waals surface area contributed by atoms with Crippen LogP contribution in [0.15, 0.2) is 18.5 Å². The molecule has 2 aromatic heterocycles. The average molecular weight is 257 g/mol. The predicted molar refractivity (Wildman–Crippen MR) is 77.5 cm³/mol. The summed E-state index contributed by atoms with van der Waals surface area (Å²) in [5.41, 5.74) is 5.29. The van der Waals surface area contributed by atoms with Crippen molar-refractivity contribution in [1.82, 2.24) is 14.3 Å². The Morgan fingerprint density at radius 2 is 1.95 bits per heavy atom. The fourth-order valence-electron chi connectivity index (χ4n) is 3.10. The van der Waals surface area contributed by atoms with E-state index in [1.165, 1.54) is 48.2 Å². The lowest BCUT2D eigenvalue weighted by Crippen LogP contribution is -2.07. The van der Waals surface area contributed by atoms with E-state index in [1.54, 1.807) is 0 Å². The number of aryl methyl sites for hydroxylation is 1. The van der Waals surface area contributed by atoms with Crippen molar-refractivity contribution in [2.75, 3.05) is 0 Å². The van der Waals surface area contributed by atoms with Crippen molar-refractivity contribution in [1.29, 1.82) is 0 Å². The summed E-state index contributed by atoms with van der Waals surface area (Å²) in [5, 5.41) is 4.76. The molecule has 0 N–H and O–H groups in total. The highest BCUT2D eigenvalue weighted by atomic mass is 15.3. The van der Waals surface area contributed by atoms with Crippen molar-refractivity contribution in [2.45, 2.75) is 59.0 Å². The highest BCUT2D eigenvalue weighted by Crippen LogP contribution is 2.28. The summed E-state index contributed by atoms with van der Waals surface area (Å²) in [6.45, 7) is 7.45. The summed E-state index contributed by atoms with van der Waals surface area (Å²) in [6, 6.07) is 2.81. The molecule has 0 bridgehead atoms. The molecule has 0 saturated heterocycles. The van der Waals surface area contributed by atoms with Gasteiger partial charge in [0.2, 0.25) is 0 Å². The summed E-state index contributed by atoms with van der Waals surface area (Å²) >= 11 is 0. The van der Waals surface area contributed by atoms with Gasteiger partial charge in [-0.05, 0) is 50.8 Å². The molecule has 19 heavy (non-hydrogen) atoms. The summed E-state index contributed by atoms with van der Waals surface area (Å²) in [7, 11) is 0. The zero-order chi connectivity index (χ0) is 13.4. The molecule has 2 aromatic rings. The van der Waals surface area contributed by atoms with E-state index in [0.29, 0.717) is 6.04 Å². The van der Waals surface area contributed by atoms with Crippen molar-refractivity contribution in [3.05, 3.63) is 41.0 Å². The van der Waals surface area contributed by atoms with Gasteiger partial charge in [0.25, 0.3) is 0 Å². The number of aromatic nitrogens is 3. The third-order valence-electron chi connectivity index (χ3n) is 4.61. The fraction of sp³-hybridized carbons (Fsp3) is 0.562. The van der Waals surface area contributed by atoms with E-state index in [-0.39, 0.29) is 0 Å². The highest BCUT2D eigenvalue weighted by Gasteiger charge is 2.17. The molecular formula is C16H23N3. The van der Waals surface area contributed by atoms with Crippen LogP contribution in [0.3, 0.4) is 0 Å². The maximum Gasteiger partial charge on any atom is 0.0821 e. The number of nitrogens with zero attached hydrogens (tertiary/aromatic N) is 3. The van der Waals surface area contributed by atoms with Gasteiger partial charge in [-0.1, -0.05) is 12.8 Å². The lowest BCUT2D eigenvalue weighted by molar-refractivity contribution is 0.461. The molecule has 1 saturated carbocycles. The van der Waals surface area contributed by atoms with Gasteiger partial charge in [0.05, 0.1) is 18.3 Å². The molecule has 0 amide bonds. The topological polar surface area (TPSA) is 22.8 Å². The Bertz CT molecular complexity index is 571. The first kappa shape index (κ1) is 12.5. The Morgan fingerprint density at radius 3 is 2.58 bits per heavy atom. The van der Waals surface area contributed by atoms with Crippen LogP contribution >= 0.6 is 0 Å². The quantitative estimate of drug-likeness (QED) is 0.820.